The Morgan fingerprint density at radius 2 is 2.00 bits per heavy atom. The van der Waals surface area contributed by atoms with Crippen LogP contribution in [0.5, 0.6) is 0 Å². The van der Waals surface area contributed by atoms with E-state index in [1.165, 1.54) is 19.1 Å². The minimum absolute atomic E-state index is 0.184. The fourth-order valence-corrected chi connectivity index (χ4v) is 2.06. The Kier molecular flexibility index (Phi) is 6.93. The Morgan fingerprint density at radius 3 is 2.62 bits per heavy atom. The molecule has 8 heteroatoms. The second-order valence-electron chi connectivity index (χ2n) is 4.28. The number of amides is 2. The summed E-state index contributed by atoms with van der Waals surface area (Å²) in [6, 6.07) is 5.67. The van der Waals surface area contributed by atoms with E-state index in [-0.39, 0.29) is 23.5 Å². The number of anilines is 1. The van der Waals surface area contributed by atoms with Crippen molar-refractivity contribution in [1.82, 2.24) is 5.32 Å². The number of carboxylic acid groups (broad SMARTS) is 1. The van der Waals surface area contributed by atoms with Crippen LogP contribution in [-0.4, -0.2) is 29.4 Å². The molecule has 1 atom stereocenters. The van der Waals surface area contributed by atoms with Gasteiger partial charge in [-0.1, -0.05) is 30.8 Å². The van der Waals surface area contributed by atoms with Crippen LogP contribution in [0.3, 0.4) is 0 Å². The van der Waals surface area contributed by atoms with Gasteiger partial charge in [0, 0.05) is 11.4 Å². The van der Waals surface area contributed by atoms with Gasteiger partial charge in [-0.15, -0.1) is 0 Å². The average Bonchev–Trinajstić information content (AvgIpc) is 2.40. The second kappa shape index (κ2) is 8.46. The van der Waals surface area contributed by atoms with E-state index in [4.69, 9.17) is 5.11 Å². The molecule has 0 aliphatic rings. The SMILES string of the molecule is CC(CCNC(=O)Nc1ccccc1SC(F)F)C(=O)O. The lowest BCUT2D eigenvalue weighted by Gasteiger charge is -2.12. The van der Waals surface area contributed by atoms with Crippen LogP contribution in [0.25, 0.3) is 0 Å². The molecular formula is C13H16F2N2O3S. The Labute approximate surface area is 125 Å². The standard InChI is InChI=1S/C13H16F2N2O3S/c1-8(11(18)19)6-7-16-13(20)17-9-4-2-3-5-10(9)21-12(14)15/h2-5,8,12H,6-7H2,1H3,(H,18,19)(H2,16,17,20). The first-order valence-corrected chi connectivity index (χ1v) is 7.09. The highest BCUT2D eigenvalue weighted by atomic mass is 32.2. The predicted molar refractivity (Wildman–Crippen MR) is 76.7 cm³/mol. The smallest absolute Gasteiger partial charge is 0.319 e. The van der Waals surface area contributed by atoms with E-state index in [1.807, 2.05) is 0 Å². The van der Waals surface area contributed by atoms with Gasteiger partial charge in [0.05, 0.1) is 11.6 Å². The minimum atomic E-state index is -2.58. The molecule has 0 radical (unpaired) electrons. The number of aliphatic carboxylic acids is 1. The van der Waals surface area contributed by atoms with Gasteiger partial charge in [0.1, 0.15) is 0 Å². The van der Waals surface area contributed by atoms with E-state index in [1.54, 1.807) is 12.1 Å². The molecule has 0 aromatic heterocycles. The van der Waals surface area contributed by atoms with Crippen LogP contribution < -0.4 is 10.6 Å². The molecule has 0 heterocycles. The lowest BCUT2D eigenvalue weighted by molar-refractivity contribution is -0.141. The Morgan fingerprint density at radius 1 is 1.33 bits per heavy atom. The average molecular weight is 318 g/mol. The number of nitrogens with one attached hydrogen (secondary N) is 2. The highest BCUT2D eigenvalue weighted by Crippen LogP contribution is 2.31. The van der Waals surface area contributed by atoms with Gasteiger partial charge < -0.3 is 15.7 Å². The van der Waals surface area contributed by atoms with E-state index in [0.717, 1.165) is 0 Å². The molecule has 0 saturated heterocycles. The van der Waals surface area contributed by atoms with Crippen molar-refractivity contribution in [2.45, 2.75) is 24.0 Å². The molecule has 1 unspecified atom stereocenters. The number of rotatable bonds is 7. The first-order chi connectivity index (χ1) is 9.90. The summed E-state index contributed by atoms with van der Waals surface area (Å²) in [6.45, 7) is 1.72. The molecule has 0 aliphatic carbocycles. The summed E-state index contributed by atoms with van der Waals surface area (Å²) in [4.78, 5) is 22.5. The molecule has 1 aromatic carbocycles. The highest BCUT2D eigenvalue weighted by Gasteiger charge is 2.13. The van der Waals surface area contributed by atoms with E-state index < -0.39 is 23.7 Å². The number of alkyl halides is 2. The molecule has 1 rings (SSSR count). The lowest BCUT2D eigenvalue weighted by Crippen LogP contribution is -2.31. The number of carbonyl (C=O) groups excluding carboxylic acids is 1. The molecule has 0 saturated carbocycles. The summed E-state index contributed by atoms with van der Waals surface area (Å²) >= 11 is 0.346. The molecule has 116 valence electrons. The second-order valence-corrected chi connectivity index (χ2v) is 5.32. The fourth-order valence-electron chi connectivity index (χ4n) is 1.46. The summed E-state index contributed by atoms with van der Waals surface area (Å²) in [5.74, 6) is -4.07. The van der Waals surface area contributed by atoms with Gasteiger partial charge in [0.15, 0.2) is 0 Å². The van der Waals surface area contributed by atoms with E-state index in [9.17, 15) is 18.4 Å². The predicted octanol–water partition coefficient (Wildman–Crippen LogP) is 3.23. The van der Waals surface area contributed by atoms with Crippen molar-refractivity contribution in [2.75, 3.05) is 11.9 Å². The first kappa shape index (κ1) is 17.2. The van der Waals surface area contributed by atoms with Crippen molar-refractivity contribution in [2.24, 2.45) is 5.92 Å². The molecule has 21 heavy (non-hydrogen) atoms. The summed E-state index contributed by atoms with van der Waals surface area (Å²) < 4.78 is 24.8. The number of benzene rings is 1. The number of carboxylic acids is 1. The number of para-hydroxylation sites is 1. The van der Waals surface area contributed by atoms with Gasteiger partial charge in [-0.3, -0.25) is 4.79 Å². The number of hydrogen-bond acceptors (Lipinski definition) is 3. The van der Waals surface area contributed by atoms with Gasteiger partial charge in [-0.05, 0) is 18.6 Å². The lowest BCUT2D eigenvalue weighted by atomic mass is 10.1. The van der Waals surface area contributed by atoms with Gasteiger partial charge in [-0.25, -0.2) is 4.79 Å². The van der Waals surface area contributed by atoms with Crippen molar-refractivity contribution in [3.05, 3.63) is 24.3 Å². The monoisotopic (exact) mass is 318 g/mol. The Bertz CT molecular complexity index is 500. The highest BCUT2D eigenvalue weighted by molar-refractivity contribution is 7.99. The molecule has 2 amide bonds. The maximum Gasteiger partial charge on any atom is 0.319 e. The largest absolute Gasteiger partial charge is 0.481 e. The van der Waals surface area contributed by atoms with E-state index >= 15 is 0 Å². The van der Waals surface area contributed by atoms with Crippen LogP contribution in [0.1, 0.15) is 13.3 Å². The number of halogens is 2. The number of thioether (sulfide) groups is 1. The molecule has 0 spiro atoms. The summed E-state index contributed by atoms with van der Waals surface area (Å²) in [6.07, 6.45) is 0.288. The van der Waals surface area contributed by atoms with Crippen LogP contribution in [0.4, 0.5) is 19.3 Å². The molecule has 1 aromatic rings. The van der Waals surface area contributed by atoms with Crippen molar-refractivity contribution in [1.29, 1.82) is 0 Å². The third kappa shape index (κ3) is 6.44. The molecule has 0 aliphatic heterocycles. The van der Waals surface area contributed by atoms with Gasteiger partial charge in [-0.2, -0.15) is 8.78 Å². The maximum absolute atomic E-state index is 12.4. The van der Waals surface area contributed by atoms with E-state index in [0.29, 0.717) is 11.8 Å². The molecule has 0 bridgehead atoms. The topological polar surface area (TPSA) is 78.4 Å². The van der Waals surface area contributed by atoms with Gasteiger partial charge in [0.25, 0.3) is 5.76 Å². The van der Waals surface area contributed by atoms with Crippen molar-refractivity contribution in [3.63, 3.8) is 0 Å². The maximum atomic E-state index is 12.4. The molecule has 5 nitrogen and oxygen atoms in total. The van der Waals surface area contributed by atoms with Crippen molar-refractivity contribution in [3.8, 4) is 0 Å². The zero-order valence-corrected chi connectivity index (χ0v) is 12.1. The van der Waals surface area contributed by atoms with Crippen LogP contribution >= 0.6 is 11.8 Å². The van der Waals surface area contributed by atoms with Crippen LogP contribution in [0.15, 0.2) is 29.2 Å². The van der Waals surface area contributed by atoms with Crippen molar-refractivity contribution >= 4 is 29.4 Å². The summed E-state index contributed by atoms with van der Waals surface area (Å²) in [7, 11) is 0. The zero-order chi connectivity index (χ0) is 15.8. The Hall–Kier alpha value is -1.83. The van der Waals surface area contributed by atoms with Crippen LogP contribution in [-0.2, 0) is 4.79 Å². The molecule has 3 N–H and O–H groups in total. The van der Waals surface area contributed by atoms with Crippen LogP contribution in [0, 0.1) is 5.92 Å². The number of urea groups is 1. The zero-order valence-electron chi connectivity index (χ0n) is 11.3. The third-order valence-electron chi connectivity index (χ3n) is 2.64. The first-order valence-electron chi connectivity index (χ1n) is 6.21. The quantitative estimate of drug-likeness (QED) is 0.674. The van der Waals surface area contributed by atoms with Crippen LogP contribution in [0.2, 0.25) is 0 Å². The van der Waals surface area contributed by atoms with Crippen molar-refractivity contribution < 1.29 is 23.5 Å². The summed E-state index contributed by atoms with van der Waals surface area (Å²) in [5, 5.41) is 13.7. The molecular weight excluding hydrogens is 302 g/mol. The van der Waals surface area contributed by atoms with E-state index in [2.05, 4.69) is 10.6 Å². The Balaban J connectivity index is 2.49. The minimum Gasteiger partial charge on any atom is -0.481 e. The fraction of sp³-hybridized carbons (Fsp3) is 0.385. The van der Waals surface area contributed by atoms with Gasteiger partial charge >= 0.3 is 12.0 Å². The normalized spacial score (nSPS) is 12.0. The summed E-state index contributed by atoms with van der Waals surface area (Å²) in [5.41, 5.74) is 0.284. The van der Waals surface area contributed by atoms with Gasteiger partial charge in [0.2, 0.25) is 0 Å². The molecule has 0 fully saturated rings. The number of hydrogen-bond donors (Lipinski definition) is 3. The third-order valence-corrected chi connectivity index (χ3v) is 3.42. The number of carbonyl (C=O) groups is 2.